The zero-order chi connectivity index (χ0) is 56.1. The molecule has 0 saturated carbocycles. The summed E-state index contributed by atoms with van der Waals surface area (Å²) in [7, 11) is 3.32. The van der Waals surface area contributed by atoms with Crippen molar-refractivity contribution >= 4 is 80.0 Å². The lowest BCUT2D eigenvalue weighted by atomic mass is 9.91. The summed E-state index contributed by atoms with van der Waals surface area (Å²) in [5, 5.41) is 30.3. The first-order valence-electron chi connectivity index (χ1n) is 26.3. The van der Waals surface area contributed by atoms with Gasteiger partial charge in [-0.05, 0) is 63.7 Å². The molecule has 3 atom stereocenters. The van der Waals surface area contributed by atoms with Crippen molar-refractivity contribution in [2.75, 3.05) is 89.5 Å². The number of fused-ring (bicyclic) bond motifs is 2. The van der Waals surface area contributed by atoms with Gasteiger partial charge in [-0.15, -0.1) is 11.3 Å². The van der Waals surface area contributed by atoms with E-state index in [4.69, 9.17) is 35.6 Å². The highest BCUT2D eigenvalue weighted by Crippen LogP contribution is 2.43. The van der Waals surface area contributed by atoms with Crippen LogP contribution in [0.1, 0.15) is 56.5 Å². The van der Waals surface area contributed by atoms with Crippen LogP contribution in [0.2, 0.25) is 5.02 Å². The third-order valence-electron chi connectivity index (χ3n) is 14.4. The van der Waals surface area contributed by atoms with E-state index in [2.05, 4.69) is 15.5 Å². The van der Waals surface area contributed by atoms with Gasteiger partial charge >= 0.3 is 0 Å². The first kappa shape index (κ1) is 56.3. The normalized spacial score (nSPS) is 16.0. The second-order valence-electron chi connectivity index (χ2n) is 20.4. The predicted molar refractivity (Wildman–Crippen MR) is 300 cm³/mol. The average molecular weight is 1120 g/mol. The number of aliphatic hydroxyl groups excluding tert-OH is 1. The second kappa shape index (κ2) is 24.7. The number of carbonyl (C=O) groups excluding carboxylic acids is 4. The highest BCUT2D eigenvalue weighted by atomic mass is 35.5. The van der Waals surface area contributed by atoms with Crippen LogP contribution >= 0.6 is 22.9 Å². The van der Waals surface area contributed by atoms with Gasteiger partial charge in [0.1, 0.15) is 35.7 Å². The molecule has 0 bridgehead atoms. The lowest BCUT2D eigenvalue weighted by molar-refractivity contribution is -0.141. The number of nitrogens with zero attached hydrogens (tertiary/aromatic N) is 9. The van der Waals surface area contributed by atoms with Gasteiger partial charge < -0.3 is 54.0 Å². The highest BCUT2D eigenvalue weighted by Gasteiger charge is 2.43. The van der Waals surface area contributed by atoms with E-state index in [0.717, 1.165) is 21.7 Å². The number of rotatable bonds is 20. The summed E-state index contributed by atoms with van der Waals surface area (Å²) in [5.74, 6) is -1.94. The number of phenols is 1. The SMILES string of the molecule is CC(=O)N1CCN(c2nc(N(CCOCCOc3cc(C(C(=O)N4C[C@H](O)C[C@H]4C(=O)NCc4ccc(-c5scnc5C)cc4)C(C)C)on3)CCC(=O)N(C)C)nc3c(F)c(-c4cc(O)cc5ccccc45)c(Cl)cc23)CC1. The second-order valence-corrected chi connectivity index (χ2v) is 21.6. The van der Waals surface area contributed by atoms with Crippen LogP contribution in [0.3, 0.4) is 0 Å². The number of piperazine rings is 1. The van der Waals surface area contributed by atoms with Gasteiger partial charge in [0.25, 0.3) is 5.88 Å². The fourth-order valence-electron chi connectivity index (χ4n) is 10.1. The monoisotopic (exact) mass is 1120 g/mol. The van der Waals surface area contributed by atoms with Crippen LogP contribution in [-0.2, 0) is 30.5 Å². The van der Waals surface area contributed by atoms with Crippen LogP contribution in [0, 0.1) is 18.7 Å². The Hall–Kier alpha value is -7.46. The molecule has 2 fully saturated rings. The van der Waals surface area contributed by atoms with Gasteiger partial charge in [0, 0.05) is 103 Å². The number of thiazole rings is 1. The number of ether oxygens (including phenoxy) is 2. The molecule has 79 heavy (non-hydrogen) atoms. The van der Waals surface area contributed by atoms with Crippen LogP contribution in [0.4, 0.5) is 16.2 Å². The number of amides is 4. The number of aryl methyl sites for hydroxylation is 1. The summed E-state index contributed by atoms with van der Waals surface area (Å²) in [6.07, 6.45) is -0.713. The molecule has 0 spiro atoms. The van der Waals surface area contributed by atoms with E-state index in [1.54, 1.807) is 53.4 Å². The van der Waals surface area contributed by atoms with Crippen molar-refractivity contribution in [3.8, 4) is 33.2 Å². The Bertz CT molecular complexity index is 3350. The fourth-order valence-corrected chi connectivity index (χ4v) is 11.3. The van der Waals surface area contributed by atoms with E-state index in [1.165, 1.54) is 22.8 Å². The largest absolute Gasteiger partial charge is 0.508 e. The number of benzene rings is 4. The third-order valence-corrected chi connectivity index (χ3v) is 15.7. The number of hydrogen-bond donors (Lipinski definition) is 3. The number of β-amino-alcohol motifs (C(OH)–C–C–N with tert-alkyl or cyclic N) is 1. The number of phenolic OH excluding ortho intramolecular Hbond substituents is 1. The van der Waals surface area contributed by atoms with Crippen molar-refractivity contribution in [2.45, 2.75) is 65.1 Å². The molecule has 1 unspecified atom stereocenters. The van der Waals surface area contributed by atoms with Crippen molar-refractivity contribution in [2.24, 2.45) is 5.92 Å². The number of hydrogen-bond acceptors (Lipinski definition) is 16. The number of nitrogens with one attached hydrogen (secondary N) is 1. The first-order valence-corrected chi connectivity index (χ1v) is 27.5. The maximum atomic E-state index is 17.5. The van der Waals surface area contributed by atoms with E-state index in [1.807, 2.05) is 79.7 Å². The molecule has 2 aliphatic rings. The lowest BCUT2D eigenvalue weighted by Gasteiger charge is -2.36. The van der Waals surface area contributed by atoms with Gasteiger partial charge in [0.05, 0.1) is 40.4 Å². The summed E-state index contributed by atoms with van der Waals surface area (Å²) in [6.45, 7) is 9.66. The maximum Gasteiger partial charge on any atom is 0.254 e. The van der Waals surface area contributed by atoms with Gasteiger partial charge in [-0.1, -0.05) is 74.0 Å². The molecule has 2 aliphatic heterocycles. The Morgan fingerprint density at radius 1 is 0.962 bits per heavy atom. The van der Waals surface area contributed by atoms with Gasteiger partial charge in [0.2, 0.25) is 29.6 Å². The summed E-state index contributed by atoms with van der Waals surface area (Å²) in [5.41, 5.74) is 5.10. The molecule has 0 radical (unpaired) electrons. The number of likely N-dealkylation sites (tertiary alicyclic amines) is 1. The Kier molecular flexibility index (Phi) is 17.6. The Morgan fingerprint density at radius 3 is 2.43 bits per heavy atom. The maximum absolute atomic E-state index is 17.5. The molecular weight excluding hydrogens is 1060 g/mol. The number of anilines is 2. The molecule has 19 nitrogen and oxygen atoms in total. The standard InChI is InChI=1S/C57H64ClFN10O9S/c1-33(2)49(56(75)69-31-40(72)27-45(69)55(74)60-30-36-11-13-37(14-12-36)53-34(3)61-32-79-53)46-29-47(64-78-46)77-24-23-76-22-21-68(16-15-48(73)65(5)6)57-62-52-43(54(63-57)67-19-17-66(18-20-67)35(4)70)28-44(58)50(51(52)59)42-26-39(71)25-38-9-7-8-10-41(38)42/h7-14,25-26,28-29,32-33,40,45,49,71-72H,15-24,27,30-31H2,1-6H3,(H,60,74)/t40-,45+,49?/m1/s1. The molecule has 4 aromatic carbocycles. The van der Waals surface area contributed by atoms with E-state index in [0.29, 0.717) is 53.7 Å². The van der Waals surface area contributed by atoms with E-state index < -0.39 is 23.9 Å². The molecule has 2 saturated heterocycles. The Morgan fingerprint density at radius 2 is 1.72 bits per heavy atom. The average Bonchev–Trinajstić information content (AvgIpc) is 4.37. The number of carbonyl (C=O) groups is 4. The van der Waals surface area contributed by atoms with Crippen LogP contribution in [0.5, 0.6) is 11.6 Å². The van der Waals surface area contributed by atoms with Gasteiger partial charge in [-0.2, -0.15) is 4.98 Å². The van der Waals surface area contributed by atoms with Crippen LogP contribution in [0.15, 0.2) is 82.8 Å². The van der Waals surface area contributed by atoms with E-state index >= 15 is 4.39 Å². The molecule has 9 rings (SSSR count). The predicted octanol–water partition coefficient (Wildman–Crippen LogP) is 7.43. The van der Waals surface area contributed by atoms with Gasteiger partial charge in [-0.25, -0.2) is 14.4 Å². The molecule has 22 heteroatoms. The van der Waals surface area contributed by atoms with Crippen molar-refractivity contribution in [3.63, 3.8) is 0 Å². The summed E-state index contributed by atoms with van der Waals surface area (Å²) >= 11 is 8.55. The number of halogens is 2. The van der Waals surface area contributed by atoms with Crippen LogP contribution in [0.25, 0.3) is 43.2 Å². The summed E-state index contributed by atoms with van der Waals surface area (Å²) in [4.78, 5) is 76.9. The highest BCUT2D eigenvalue weighted by molar-refractivity contribution is 7.13. The molecule has 4 amide bonds. The van der Waals surface area contributed by atoms with Crippen molar-refractivity contribution in [1.82, 2.24) is 40.1 Å². The minimum absolute atomic E-state index is 0.0143. The molecular formula is C57H64ClFN10O9S. The minimum atomic E-state index is -0.891. The summed E-state index contributed by atoms with van der Waals surface area (Å²) < 4.78 is 35.1. The molecule has 3 aromatic heterocycles. The minimum Gasteiger partial charge on any atom is -0.508 e. The van der Waals surface area contributed by atoms with Crippen molar-refractivity contribution < 1.29 is 47.8 Å². The lowest BCUT2D eigenvalue weighted by Crippen LogP contribution is -2.48. The number of aliphatic hydroxyl groups is 1. The smallest absolute Gasteiger partial charge is 0.254 e. The van der Waals surface area contributed by atoms with Gasteiger partial charge in [0.15, 0.2) is 11.6 Å². The number of aromatic nitrogens is 4. The zero-order valence-corrected chi connectivity index (χ0v) is 46.5. The fraction of sp³-hybridized carbons (Fsp3) is 0.404. The first-order chi connectivity index (χ1) is 37.9. The van der Waals surface area contributed by atoms with E-state index in [-0.39, 0.29) is 128 Å². The summed E-state index contributed by atoms with van der Waals surface area (Å²) in [6, 6.07) is 20.5. The Labute approximate surface area is 465 Å². The Balaban J connectivity index is 0.874. The van der Waals surface area contributed by atoms with Crippen molar-refractivity contribution in [1.29, 1.82) is 0 Å². The molecule has 416 valence electrons. The van der Waals surface area contributed by atoms with Crippen molar-refractivity contribution in [3.05, 3.63) is 106 Å². The zero-order valence-electron chi connectivity index (χ0n) is 44.9. The quantitative estimate of drug-likeness (QED) is 0.0632. The number of aromatic hydroxyl groups is 1. The van der Waals surface area contributed by atoms with Crippen LogP contribution in [-0.4, -0.2) is 161 Å². The van der Waals surface area contributed by atoms with Crippen LogP contribution < -0.4 is 19.9 Å². The molecule has 7 aromatic rings. The van der Waals surface area contributed by atoms with Gasteiger partial charge in [-0.3, -0.25) is 19.2 Å². The molecule has 0 aliphatic carbocycles. The molecule has 3 N–H and O–H groups in total. The third kappa shape index (κ3) is 12.7. The topological polar surface area (TPSA) is 220 Å². The molecule has 5 heterocycles. The van der Waals surface area contributed by atoms with E-state index in [9.17, 15) is 29.4 Å².